The Bertz CT molecular complexity index is 1240. The molecule has 200 valence electrons. The van der Waals surface area contributed by atoms with Gasteiger partial charge in [0.25, 0.3) is 0 Å². The minimum atomic E-state index is -0.668. The van der Waals surface area contributed by atoms with Gasteiger partial charge in [-0.15, -0.1) is 24.8 Å². The molecule has 7 nitrogen and oxygen atoms in total. The van der Waals surface area contributed by atoms with Gasteiger partial charge in [0.15, 0.2) is 0 Å². The summed E-state index contributed by atoms with van der Waals surface area (Å²) >= 11 is 0. The van der Waals surface area contributed by atoms with E-state index in [1.54, 1.807) is 12.1 Å². The standard InChI is InChI=1S/C27H32FN5O2.2ClH/c1-15(2)24(29)26(34)35-22-11-6-19-12-13-33(18(5)23(19)14-22)25-16(3)17(4)30-27(32-25)31-21-9-7-20(28)8-10-21;;/h6-11,14-15,18,24H,12-13,29H2,1-5H3,(H,30,31,32);2*1H/t18?,24-;;/m0../s1. The Morgan fingerprint density at radius 2 is 1.81 bits per heavy atom. The molecule has 0 spiro atoms. The summed E-state index contributed by atoms with van der Waals surface area (Å²) in [5.74, 6) is 1.06. The molecule has 1 unspecified atom stereocenters. The molecule has 1 aliphatic rings. The molecule has 2 heterocycles. The van der Waals surface area contributed by atoms with Crippen molar-refractivity contribution < 1.29 is 13.9 Å². The zero-order chi connectivity index (χ0) is 25.3. The molecule has 37 heavy (non-hydrogen) atoms. The predicted molar refractivity (Wildman–Crippen MR) is 150 cm³/mol. The number of anilines is 3. The number of fused-ring (bicyclic) bond motifs is 1. The zero-order valence-corrected chi connectivity index (χ0v) is 23.3. The van der Waals surface area contributed by atoms with E-state index in [1.165, 1.54) is 17.7 Å². The van der Waals surface area contributed by atoms with Gasteiger partial charge in [0.05, 0.1) is 6.04 Å². The number of rotatable bonds is 6. The van der Waals surface area contributed by atoms with Gasteiger partial charge in [-0.05, 0) is 80.6 Å². The summed E-state index contributed by atoms with van der Waals surface area (Å²) in [6, 6.07) is 11.2. The summed E-state index contributed by atoms with van der Waals surface area (Å²) in [7, 11) is 0. The lowest BCUT2D eigenvalue weighted by Gasteiger charge is -2.37. The van der Waals surface area contributed by atoms with E-state index in [0.717, 1.165) is 35.6 Å². The predicted octanol–water partition coefficient (Wildman–Crippen LogP) is 5.83. The van der Waals surface area contributed by atoms with Crippen molar-refractivity contribution in [2.45, 2.75) is 53.1 Å². The number of hydrogen-bond donors (Lipinski definition) is 2. The second kappa shape index (κ2) is 12.5. The number of ether oxygens (including phenoxy) is 1. The highest BCUT2D eigenvalue weighted by atomic mass is 35.5. The third-order valence-electron chi connectivity index (χ3n) is 6.60. The fourth-order valence-corrected chi connectivity index (χ4v) is 4.21. The van der Waals surface area contributed by atoms with Crippen molar-refractivity contribution in [3.05, 3.63) is 70.7 Å². The average molecular weight is 551 g/mol. The number of carbonyl (C=O) groups is 1. The van der Waals surface area contributed by atoms with Gasteiger partial charge in [-0.2, -0.15) is 4.98 Å². The maximum Gasteiger partial charge on any atom is 0.328 e. The van der Waals surface area contributed by atoms with Crippen molar-refractivity contribution in [1.82, 2.24) is 9.97 Å². The summed E-state index contributed by atoms with van der Waals surface area (Å²) < 4.78 is 18.9. The first-order chi connectivity index (χ1) is 16.6. The van der Waals surface area contributed by atoms with Gasteiger partial charge in [-0.1, -0.05) is 19.9 Å². The van der Waals surface area contributed by atoms with Crippen molar-refractivity contribution in [3.63, 3.8) is 0 Å². The molecular weight excluding hydrogens is 516 g/mol. The first-order valence-corrected chi connectivity index (χ1v) is 11.9. The summed E-state index contributed by atoms with van der Waals surface area (Å²) in [6.45, 7) is 10.7. The van der Waals surface area contributed by atoms with Gasteiger partial charge in [-0.3, -0.25) is 0 Å². The summed E-state index contributed by atoms with van der Waals surface area (Å²) in [4.78, 5) is 24.0. The molecule has 2 aromatic carbocycles. The van der Waals surface area contributed by atoms with Crippen LogP contribution < -0.4 is 20.7 Å². The fourth-order valence-electron chi connectivity index (χ4n) is 4.21. The van der Waals surface area contributed by atoms with Crippen LogP contribution in [0.15, 0.2) is 42.5 Å². The third-order valence-corrected chi connectivity index (χ3v) is 6.60. The van der Waals surface area contributed by atoms with E-state index < -0.39 is 12.0 Å². The number of benzene rings is 2. The Morgan fingerprint density at radius 3 is 2.46 bits per heavy atom. The Hall–Kier alpha value is -2.94. The maximum absolute atomic E-state index is 13.3. The van der Waals surface area contributed by atoms with Crippen LogP contribution in [0.2, 0.25) is 0 Å². The van der Waals surface area contributed by atoms with Crippen molar-refractivity contribution in [2.75, 3.05) is 16.8 Å². The Labute approximate surface area is 229 Å². The highest BCUT2D eigenvalue weighted by Gasteiger charge is 2.28. The maximum atomic E-state index is 13.3. The average Bonchev–Trinajstić information content (AvgIpc) is 2.83. The largest absolute Gasteiger partial charge is 0.425 e. The van der Waals surface area contributed by atoms with Crippen LogP contribution in [-0.4, -0.2) is 28.5 Å². The Morgan fingerprint density at radius 1 is 1.14 bits per heavy atom. The van der Waals surface area contributed by atoms with Crippen LogP contribution in [0.25, 0.3) is 0 Å². The Balaban J connectivity index is 0.00000241. The van der Waals surface area contributed by atoms with E-state index in [2.05, 4.69) is 22.1 Å². The van der Waals surface area contributed by atoms with E-state index >= 15 is 0 Å². The van der Waals surface area contributed by atoms with E-state index in [0.29, 0.717) is 17.4 Å². The highest BCUT2D eigenvalue weighted by Crippen LogP contribution is 2.37. The highest BCUT2D eigenvalue weighted by molar-refractivity contribution is 5.85. The second-order valence-electron chi connectivity index (χ2n) is 9.38. The molecule has 0 fully saturated rings. The van der Waals surface area contributed by atoms with Gasteiger partial charge in [0.1, 0.15) is 23.4 Å². The molecule has 10 heteroatoms. The Kier molecular flexibility index (Phi) is 10.3. The van der Waals surface area contributed by atoms with Crippen molar-refractivity contribution in [2.24, 2.45) is 11.7 Å². The van der Waals surface area contributed by atoms with E-state index in [9.17, 15) is 9.18 Å². The lowest BCUT2D eigenvalue weighted by Crippen LogP contribution is -2.38. The minimum Gasteiger partial charge on any atom is -0.425 e. The topological polar surface area (TPSA) is 93.4 Å². The summed E-state index contributed by atoms with van der Waals surface area (Å²) in [6.07, 6.45) is 0.836. The number of aromatic nitrogens is 2. The zero-order valence-electron chi connectivity index (χ0n) is 21.6. The molecule has 1 aromatic heterocycles. The lowest BCUT2D eigenvalue weighted by molar-refractivity contribution is -0.136. The third kappa shape index (κ3) is 6.69. The van der Waals surface area contributed by atoms with Crippen LogP contribution in [0, 0.1) is 25.6 Å². The van der Waals surface area contributed by atoms with E-state index in [4.69, 9.17) is 15.5 Å². The molecule has 0 bridgehead atoms. The van der Waals surface area contributed by atoms with Gasteiger partial charge in [0.2, 0.25) is 5.95 Å². The molecule has 0 amide bonds. The number of esters is 1. The summed E-state index contributed by atoms with van der Waals surface area (Å²) in [5.41, 5.74) is 10.8. The van der Waals surface area contributed by atoms with Crippen molar-refractivity contribution in [3.8, 4) is 5.75 Å². The number of hydrogen-bond acceptors (Lipinski definition) is 7. The lowest BCUT2D eigenvalue weighted by atomic mass is 9.93. The van der Waals surface area contributed by atoms with Crippen LogP contribution in [0.4, 0.5) is 21.8 Å². The van der Waals surface area contributed by atoms with Crippen LogP contribution in [0.1, 0.15) is 49.2 Å². The van der Waals surface area contributed by atoms with Crippen LogP contribution in [0.5, 0.6) is 5.75 Å². The second-order valence-corrected chi connectivity index (χ2v) is 9.38. The molecule has 0 saturated heterocycles. The fraction of sp³-hybridized carbons (Fsp3) is 0.370. The smallest absolute Gasteiger partial charge is 0.328 e. The number of nitrogens with zero attached hydrogens (tertiary/aromatic N) is 3. The number of nitrogens with two attached hydrogens (primary N) is 1. The normalized spacial score (nSPS) is 15.2. The molecular formula is C27H34Cl2FN5O2. The van der Waals surface area contributed by atoms with Gasteiger partial charge in [-0.25, -0.2) is 14.2 Å². The first-order valence-electron chi connectivity index (χ1n) is 11.9. The van der Waals surface area contributed by atoms with Crippen molar-refractivity contribution >= 4 is 48.2 Å². The molecule has 0 aliphatic carbocycles. The molecule has 0 saturated carbocycles. The van der Waals surface area contributed by atoms with Crippen molar-refractivity contribution in [1.29, 1.82) is 0 Å². The first kappa shape index (κ1) is 30.3. The number of nitrogens with one attached hydrogen (secondary N) is 1. The molecule has 4 rings (SSSR count). The molecule has 2 atom stereocenters. The van der Waals surface area contributed by atoms with Crippen LogP contribution >= 0.6 is 24.8 Å². The quantitative estimate of drug-likeness (QED) is 0.295. The number of aryl methyl sites for hydroxylation is 1. The van der Waals surface area contributed by atoms with Gasteiger partial charge in [0, 0.05) is 23.5 Å². The molecule has 3 aromatic rings. The van der Waals surface area contributed by atoms with Crippen LogP contribution in [0.3, 0.4) is 0 Å². The number of halogens is 3. The summed E-state index contributed by atoms with van der Waals surface area (Å²) in [5, 5.41) is 3.18. The van der Waals surface area contributed by atoms with Gasteiger partial charge < -0.3 is 20.7 Å². The SMILES string of the molecule is Cc1nc(Nc2ccc(F)cc2)nc(N2CCc3ccc(OC(=O)[C@@H](N)C(C)C)cc3C2C)c1C.Cl.Cl. The minimum absolute atomic E-state index is 0. The molecule has 0 radical (unpaired) electrons. The van der Waals surface area contributed by atoms with Gasteiger partial charge >= 0.3 is 5.97 Å². The molecule has 1 aliphatic heterocycles. The number of carbonyl (C=O) groups excluding carboxylic acids is 1. The monoisotopic (exact) mass is 549 g/mol. The van der Waals surface area contributed by atoms with E-state index in [1.807, 2.05) is 45.9 Å². The van der Waals surface area contributed by atoms with Crippen LogP contribution in [-0.2, 0) is 11.2 Å². The van der Waals surface area contributed by atoms with E-state index in [-0.39, 0.29) is 42.6 Å². The molecule has 3 N–H and O–H groups in total.